The molecule has 0 saturated carbocycles. The molecule has 2 aliphatic rings. The van der Waals surface area contributed by atoms with E-state index in [2.05, 4.69) is 0 Å². The summed E-state index contributed by atoms with van der Waals surface area (Å²) in [4.78, 5) is 42.2. The molecule has 3 rings (SSSR count). The van der Waals surface area contributed by atoms with Crippen LogP contribution in [0.15, 0.2) is 24.3 Å². The van der Waals surface area contributed by atoms with Gasteiger partial charge in [-0.1, -0.05) is 12.1 Å². The van der Waals surface area contributed by atoms with Gasteiger partial charge in [0.2, 0.25) is 11.8 Å². The molecule has 1 unspecified atom stereocenters. The van der Waals surface area contributed by atoms with Crippen molar-refractivity contribution < 1.29 is 18.8 Å². The van der Waals surface area contributed by atoms with Crippen molar-refractivity contribution in [2.24, 2.45) is 5.92 Å². The molecule has 1 aromatic rings. The van der Waals surface area contributed by atoms with E-state index in [-0.39, 0.29) is 41.7 Å². The summed E-state index contributed by atoms with van der Waals surface area (Å²) in [6.07, 6.45) is 0.255. The van der Waals surface area contributed by atoms with Gasteiger partial charge in [0.15, 0.2) is 0 Å². The lowest BCUT2D eigenvalue weighted by atomic mass is 10.1. The predicted molar refractivity (Wildman–Crippen MR) is 93.8 cm³/mol. The van der Waals surface area contributed by atoms with Gasteiger partial charge in [-0.3, -0.25) is 14.4 Å². The van der Waals surface area contributed by atoms with Crippen molar-refractivity contribution in [1.29, 1.82) is 0 Å². The number of piperazine rings is 1. The smallest absolute Gasteiger partial charge is 0.256 e. The van der Waals surface area contributed by atoms with Gasteiger partial charge in [0, 0.05) is 45.2 Å². The van der Waals surface area contributed by atoms with Crippen LogP contribution in [-0.2, 0) is 9.59 Å². The van der Waals surface area contributed by atoms with Crippen LogP contribution in [0.4, 0.5) is 4.39 Å². The predicted octanol–water partition coefficient (Wildman–Crippen LogP) is 1.37. The van der Waals surface area contributed by atoms with Gasteiger partial charge < -0.3 is 14.7 Å². The number of amides is 3. The number of likely N-dealkylation sites (tertiary alicyclic amines) is 1. The molecule has 0 radical (unpaired) electrons. The number of hydrogen-bond acceptors (Lipinski definition) is 3. The molecule has 2 heterocycles. The molecule has 2 saturated heterocycles. The van der Waals surface area contributed by atoms with Crippen LogP contribution in [0.3, 0.4) is 0 Å². The molecule has 0 N–H and O–H groups in total. The summed E-state index contributed by atoms with van der Waals surface area (Å²) in [5.41, 5.74) is 0.0567. The number of benzene rings is 1. The highest BCUT2D eigenvalue weighted by Crippen LogP contribution is 2.23. The number of hydrogen-bond donors (Lipinski definition) is 0. The lowest BCUT2D eigenvalue weighted by Crippen LogP contribution is -2.52. The standard InChI is InChI=1S/C19H24FN3O3/c1-13(2)23-12-14(11-17(23)24)18(25)21-7-9-22(10-8-21)19(26)15-5-3-4-6-16(15)20/h3-6,13-14H,7-12H2,1-2H3. The fourth-order valence-corrected chi connectivity index (χ4v) is 3.59. The van der Waals surface area contributed by atoms with Gasteiger partial charge in [0.05, 0.1) is 11.5 Å². The van der Waals surface area contributed by atoms with Gasteiger partial charge >= 0.3 is 0 Å². The molecule has 2 aliphatic heterocycles. The highest BCUT2D eigenvalue weighted by molar-refractivity contribution is 5.95. The van der Waals surface area contributed by atoms with E-state index in [1.54, 1.807) is 26.8 Å². The van der Waals surface area contributed by atoms with E-state index in [1.807, 2.05) is 13.8 Å². The van der Waals surface area contributed by atoms with E-state index in [4.69, 9.17) is 0 Å². The monoisotopic (exact) mass is 361 g/mol. The van der Waals surface area contributed by atoms with E-state index in [0.29, 0.717) is 32.7 Å². The number of halogens is 1. The third-order valence-corrected chi connectivity index (χ3v) is 5.11. The molecule has 0 spiro atoms. The number of carbonyl (C=O) groups is 3. The molecule has 26 heavy (non-hydrogen) atoms. The third-order valence-electron chi connectivity index (χ3n) is 5.11. The maximum atomic E-state index is 13.8. The summed E-state index contributed by atoms with van der Waals surface area (Å²) in [7, 11) is 0. The SMILES string of the molecule is CC(C)N1CC(C(=O)N2CCN(C(=O)c3ccccc3F)CC2)CC1=O. The maximum Gasteiger partial charge on any atom is 0.256 e. The van der Waals surface area contributed by atoms with Gasteiger partial charge in [-0.2, -0.15) is 0 Å². The Morgan fingerprint density at radius 1 is 1.08 bits per heavy atom. The first-order valence-corrected chi connectivity index (χ1v) is 9.00. The van der Waals surface area contributed by atoms with Crippen LogP contribution in [-0.4, -0.2) is 71.2 Å². The molecule has 1 aromatic carbocycles. The van der Waals surface area contributed by atoms with Crippen molar-refractivity contribution in [3.8, 4) is 0 Å². The van der Waals surface area contributed by atoms with Gasteiger partial charge in [-0.05, 0) is 26.0 Å². The van der Waals surface area contributed by atoms with E-state index in [9.17, 15) is 18.8 Å². The average Bonchev–Trinajstić information content (AvgIpc) is 3.03. The first-order valence-electron chi connectivity index (χ1n) is 9.00. The van der Waals surface area contributed by atoms with Crippen LogP contribution in [0.1, 0.15) is 30.6 Å². The molecule has 6 nitrogen and oxygen atoms in total. The quantitative estimate of drug-likeness (QED) is 0.817. The second-order valence-corrected chi connectivity index (χ2v) is 7.14. The van der Waals surface area contributed by atoms with E-state index in [1.165, 1.54) is 12.1 Å². The number of nitrogens with zero attached hydrogens (tertiary/aromatic N) is 3. The fourth-order valence-electron chi connectivity index (χ4n) is 3.59. The third kappa shape index (κ3) is 3.57. The zero-order valence-electron chi connectivity index (χ0n) is 15.2. The summed E-state index contributed by atoms with van der Waals surface area (Å²) in [6, 6.07) is 6.01. The molecule has 3 amide bonds. The first-order chi connectivity index (χ1) is 12.4. The molecule has 2 fully saturated rings. The highest BCUT2D eigenvalue weighted by atomic mass is 19.1. The number of rotatable bonds is 3. The Labute approximate surface area is 152 Å². The van der Waals surface area contributed by atoms with Crippen molar-refractivity contribution in [2.45, 2.75) is 26.3 Å². The Morgan fingerprint density at radius 3 is 2.27 bits per heavy atom. The Balaban J connectivity index is 1.57. The van der Waals surface area contributed by atoms with Crippen LogP contribution in [0.2, 0.25) is 0 Å². The molecular weight excluding hydrogens is 337 g/mol. The van der Waals surface area contributed by atoms with Crippen molar-refractivity contribution in [1.82, 2.24) is 14.7 Å². The number of carbonyl (C=O) groups excluding carboxylic acids is 3. The largest absolute Gasteiger partial charge is 0.339 e. The lowest BCUT2D eigenvalue weighted by Gasteiger charge is -2.36. The highest BCUT2D eigenvalue weighted by Gasteiger charge is 2.38. The first kappa shape index (κ1) is 18.4. The Morgan fingerprint density at radius 2 is 1.69 bits per heavy atom. The molecule has 0 aliphatic carbocycles. The summed E-state index contributed by atoms with van der Waals surface area (Å²) in [6.45, 7) is 5.90. The van der Waals surface area contributed by atoms with E-state index >= 15 is 0 Å². The molecule has 7 heteroatoms. The molecule has 1 atom stereocenters. The van der Waals surface area contributed by atoms with Crippen LogP contribution in [0, 0.1) is 11.7 Å². The van der Waals surface area contributed by atoms with Crippen molar-refractivity contribution in [3.05, 3.63) is 35.6 Å². The van der Waals surface area contributed by atoms with Crippen LogP contribution in [0.5, 0.6) is 0 Å². The van der Waals surface area contributed by atoms with Gasteiger partial charge in [0.25, 0.3) is 5.91 Å². The van der Waals surface area contributed by atoms with Gasteiger partial charge in [0.1, 0.15) is 5.82 Å². The molecule has 140 valence electrons. The zero-order chi connectivity index (χ0) is 18.8. The van der Waals surface area contributed by atoms with Crippen molar-refractivity contribution in [3.63, 3.8) is 0 Å². The van der Waals surface area contributed by atoms with Crippen LogP contribution in [0.25, 0.3) is 0 Å². The van der Waals surface area contributed by atoms with E-state index in [0.717, 1.165) is 0 Å². The zero-order valence-corrected chi connectivity index (χ0v) is 15.2. The minimum atomic E-state index is -0.533. The topological polar surface area (TPSA) is 60.9 Å². The maximum absolute atomic E-state index is 13.8. The molecular formula is C19H24FN3O3. The molecule has 0 bridgehead atoms. The van der Waals surface area contributed by atoms with Crippen molar-refractivity contribution in [2.75, 3.05) is 32.7 Å². The van der Waals surface area contributed by atoms with Crippen molar-refractivity contribution >= 4 is 17.7 Å². The fraction of sp³-hybridized carbons (Fsp3) is 0.526. The Hall–Kier alpha value is -2.44. The van der Waals surface area contributed by atoms with Crippen LogP contribution < -0.4 is 0 Å². The Kier molecular flexibility index (Phi) is 5.25. The van der Waals surface area contributed by atoms with Gasteiger partial charge in [-0.25, -0.2) is 4.39 Å². The lowest BCUT2D eigenvalue weighted by molar-refractivity contribution is -0.137. The van der Waals surface area contributed by atoms with Gasteiger partial charge in [-0.15, -0.1) is 0 Å². The van der Waals surface area contributed by atoms with Crippen LogP contribution >= 0.6 is 0 Å². The summed E-state index contributed by atoms with van der Waals surface area (Å²) >= 11 is 0. The minimum Gasteiger partial charge on any atom is -0.339 e. The Bertz CT molecular complexity index is 714. The minimum absolute atomic E-state index is 0.0201. The summed E-state index contributed by atoms with van der Waals surface area (Å²) in [5.74, 6) is -1.20. The van der Waals surface area contributed by atoms with E-state index < -0.39 is 5.82 Å². The summed E-state index contributed by atoms with van der Waals surface area (Å²) in [5, 5.41) is 0. The summed E-state index contributed by atoms with van der Waals surface area (Å²) < 4.78 is 13.8. The second kappa shape index (κ2) is 7.43. The molecule has 0 aromatic heterocycles. The normalized spacial score (nSPS) is 20.8. The average molecular weight is 361 g/mol. The second-order valence-electron chi connectivity index (χ2n) is 7.14.